The van der Waals surface area contributed by atoms with E-state index in [9.17, 15) is 13.0 Å². The van der Waals surface area contributed by atoms with Crippen molar-refractivity contribution >= 4 is 24.1 Å². The van der Waals surface area contributed by atoms with E-state index in [2.05, 4.69) is 41.5 Å². The van der Waals surface area contributed by atoms with Crippen LogP contribution in [0, 0.1) is 0 Å². The van der Waals surface area contributed by atoms with Gasteiger partial charge in [-0.25, -0.2) is 0 Å². The van der Waals surface area contributed by atoms with Crippen LogP contribution in [0.3, 0.4) is 0 Å². The molecule has 0 atom stereocenters. The largest absolute Gasteiger partial charge is 0.294 e. The SMILES string of the molecule is CCCCCCCCc1c(CC)ccc(S(=O)(=O)O)c1[Si](C(C)C)C(C)C. The third-order valence-electron chi connectivity index (χ3n) is 5.34. The standard InChI is InChI=1S/C22H39O3SSi/c1-7-9-10-11-12-13-14-20-19(8-2)15-16-21(26(23,24)25)22(20)27(17(3)4)18(5)6/h15-18H,7-14H2,1-6H3,(H,23,24,25). The van der Waals surface area contributed by atoms with Gasteiger partial charge in [-0.1, -0.05) is 79.7 Å². The zero-order chi connectivity index (χ0) is 20.6. The first-order valence-corrected chi connectivity index (χ1v) is 13.7. The maximum Gasteiger partial charge on any atom is 0.294 e. The third-order valence-corrected chi connectivity index (χ3v) is 10.1. The van der Waals surface area contributed by atoms with E-state index in [1.807, 2.05) is 6.07 Å². The minimum Gasteiger partial charge on any atom is -0.282 e. The molecule has 1 aromatic rings. The summed E-state index contributed by atoms with van der Waals surface area (Å²) in [6.07, 6.45) is 9.15. The smallest absolute Gasteiger partial charge is 0.282 e. The molecule has 5 heteroatoms. The van der Waals surface area contributed by atoms with Crippen molar-refractivity contribution in [1.82, 2.24) is 0 Å². The topological polar surface area (TPSA) is 54.4 Å². The molecule has 0 heterocycles. The Kier molecular flexibility index (Phi) is 10.3. The highest BCUT2D eigenvalue weighted by molar-refractivity contribution is 7.86. The quantitative estimate of drug-likeness (QED) is 0.264. The molecule has 1 N–H and O–H groups in total. The molecule has 0 bridgehead atoms. The van der Waals surface area contributed by atoms with Crippen molar-refractivity contribution in [2.75, 3.05) is 0 Å². The van der Waals surface area contributed by atoms with Gasteiger partial charge >= 0.3 is 0 Å². The molecule has 155 valence electrons. The van der Waals surface area contributed by atoms with Crippen LogP contribution in [0.1, 0.15) is 91.2 Å². The molecule has 1 rings (SSSR count). The summed E-state index contributed by atoms with van der Waals surface area (Å²) in [5.74, 6) is 0. The van der Waals surface area contributed by atoms with E-state index in [0.29, 0.717) is 11.1 Å². The molecule has 0 unspecified atom stereocenters. The molecule has 0 aliphatic heterocycles. The van der Waals surface area contributed by atoms with Crippen molar-refractivity contribution in [3.63, 3.8) is 0 Å². The van der Waals surface area contributed by atoms with E-state index >= 15 is 0 Å². The Hall–Kier alpha value is -0.653. The van der Waals surface area contributed by atoms with Gasteiger partial charge in [0.25, 0.3) is 10.1 Å². The first-order chi connectivity index (χ1) is 12.6. The van der Waals surface area contributed by atoms with Crippen LogP contribution < -0.4 is 5.19 Å². The second-order valence-electron chi connectivity index (χ2n) is 8.19. The molecule has 27 heavy (non-hydrogen) atoms. The van der Waals surface area contributed by atoms with Gasteiger partial charge in [-0.3, -0.25) is 4.55 Å². The highest BCUT2D eigenvalue weighted by Gasteiger charge is 2.31. The van der Waals surface area contributed by atoms with Crippen LogP contribution >= 0.6 is 0 Å². The van der Waals surface area contributed by atoms with Crippen molar-refractivity contribution in [3.8, 4) is 0 Å². The Balaban J connectivity index is 3.35. The number of hydrogen-bond donors (Lipinski definition) is 1. The summed E-state index contributed by atoms with van der Waals surface area (Å²) in [7, 11) is -5.33. The lowest BCUT2D eigenvalue weighted by molar-refractivity contribution is 0.483. The zero-order valence-electron chi connectivity index (χ0n) is 18.1. The first kappa shape index (κ1) is 24.4. The second-order valence-corrected chi connectivity index (χ2v) is 13.3. The molecule has 0 aliphatic rings. The maximum atomic E-state index is 12.2. The number of aryl methyl sites for hydroxylation is 1. The van der Waals surface area contributed by atoms with Crippen LogP contribution in [0.5, 0.6) is 0 Å². The number of benzene rings is 1. The lowest BCUT2D eigenvalue weighted by atomic mass is 9.98. The summed E-state index contributed by atoms with van der Waals surface area (Å²) in [4.78, 5) is 0.164. The fraction of sp³-hybridized carbons (Fsp3) is 0.727. The van der Waals surface area contributed by atoms with Gasteiger partial charge in [0.05, 0.1) is 13.7 Å². The molecule has 0 saturated heterocycles. The van der Waals surface area contributed by atoms with Gasteiger partial charge in [0.15, 0.2) is 0 Å². The van der Waals surface area contributed by atoms with Crippen molar-refractivity contribution in [2.45, 2.75) is 109 Å². The summed E-state index contributed by atoms with van der Waals surface area (Å²) in [5.41, 5.74) is 3.27. The molecule has 0 amide bonds. The first-order valence-electron chi connectivity index (χ1n) is 10.6. The fourth-order valence-electron chi connectivity index (χ4n) is 4.14. The third kappa shape index (κ3) is 7.03. The summed E-state index contributed by atoms with van der Waals surface area (Å²) >= 11 is 0. The van der Waals surface area contributed by atoms with Gasteiger partial charge in [0.2, 0.25) is 0 Å². The molecule has 1 radical (unpaired) electrons. The van der Waals surface area contributed by atoms with E-state index in [4.69, 9.17) is 0 Å². The molecule has 3 nitrogen and oxygen atoms in total. The highest BCUT2D eigenvalue weighted by atomic mass is 32.2. The van der Waals surface area contributed by atoms with Crippen LogP contribution in [0.2, 0.25) is 11.1 Å². The van der Waals surface area contributed by atoms with Crippen molar-refractivity contribution < 1.29 is 13.0 Å². The van der Waals surface area contributed by atoms with E-state index < -0.39 is 18.9 Å². The van der Waals surface area contributed by atoms with Gasteiger partial charge < -0.3 is 0 Å². The van der Waals surface area contributed by atoms with Crippen LogP contribution in [-0.2, 0) is 23.0 Å². The van der Waals surface area contributed by atoms with Crippen molar-refractivity contribution in [1.29, 1.82) is 0 Å². The van der Waals surface area contributed by atoms with Crippen LogP contribution in [0.4, 0.5) is 0 Å². The summed E-state index contributed by atoms with van der Waals surface area (Å²) in [6.45, 7) is 13.1. The van der Waals surface area contributed by atoms with E-state index in [1.165, 1.54) is 43.2 Å². The molecule has 0 aromatic heterocycles. The molecule has 0 aliphatic carbocycles. The van der Waals surface area contributed by atoms with Gasteiger partial charge in [-0.2, -0.15) is 8.42 Å². The highest BCUT2D eigenvalue weighted by Crippen LogP contribution is 2.27. The molecular formula is C22H39O3SSi. The fourth-order valence-corrected chi connectivity index (χ4v) is 9.00. The van der Waals surface area contributed by atoms with Gasteiger partial charge in [-0.05, 0) is 52.7 Å². The maximum absolute atomic E-state index is 12.2. The summed E-state index contributed by atoms with van der Waals surface area (Å²) in [5, 5.41) is 0.973. The number of hydrogen-bond acceptors (Lipinski definition) is 2. The van der Waals surface area contributed by atoms with Crippen molar-refractivity contribution in [2.24, 2.45) is 0 Å². The summed E-state index contributed by atoms with van der Waals surface area (Å²) < 4.78 is 34.3. The molecule has 1 aromatic carbocycles. The van der Waals surface area contributed by atoms with E-state index in [-0.39, 0.29) is 4.90 Å². The predicted octanol–water partition coefficient (Wildman–Crippen LogP) is 5.92. The van der Waals surface area contributed by atoms with Crippen LogP contribution in [-0.4, -0.2) is 21.8 Å². The summed E-state index contributed by atoms with van der Waals surface area (Å²) in [6, 6.07) is 3.56. The molecule has 0 fully saturated rings. The Morgan fingerprint density at radius 3 is 1.96 bits per heavy atom. The molecule has 0 spiro atoms. The van der Waals surface area contributed by atoms with Gasteiger partial charge in [0.1, 0.15) is 0 Å². The normalized spacial score (nSPS) is 12.5. The van der Waals surface area contributed by atoms with Gasteiger partial charge in [-0.15, -0.1) is 0 Å². The predicted molar refractivity (Wildman–Crippen MR) is 118 cm³/mol. The average Bonchev–Trinajstić information content (AvgIpc) is 2.56. The lowest BCUT2D eigenvalue weighted by Crippen LogP contribution is -2.42. The number of unbranched alkanes of at least 4 members (excludes halogenated alkanes) is 5. The number of rotatable bonds is 12. The minimum absolute atomic E-state index is 0.164. The lowest BCUT2D eigenvalue weighted by Gasteiger charge is -2.29. The second kappa shape index (κ2) is 11.4. The van der Waals surface area contributed by atoms with E-state index in [0.717, 1.165) is 24.4 Å². The van der Waals surface area contributed by atoms with Crippen LogP contribution in [0.15, 0.2) is 17.0 Å². The molecule has 0 saturated carbocycles. The van der Waals surface area contributed by atoms with Gasteiger partial charge in [0, 0.05) is 0 Å². The zero-order valence-corrected chi connectivity index (χ0v) is 20.0. The van der Waals surface area contributed by atoms with Crippen molar-refractivity contribution in [3.05, 3.63) is 23.3 Å². The van der Waals surface area contributed by atoms with E-state index in [1.54, 1.807) is 6.07 Å². The molecular weight excluding hydrogens is 372 g/mol. The monoisotopic (exact) mass is 411 g/mol. The Bertz CT molecular complexity index is 673. The Morgan fingerprint density at radius 2 is 1.48 bits per heavy atom. The van der Waals surface area contributed by atoms with Crippen LogP contribution in [0.25, 0.3) is 0 Å². The minimum atomic E-state index is -4.21. The average molecular weight is 412 g/mol. The Labute approximate surface area is 169 Å². The Morgan fingerprint density at radius 1 is 0.926 bits per heavy atom.